The van der Waals surface area contributed by atoms with E-state index in [0.717, 1.165) is 39.2 Å². The number of fused-ring (bicyclic) bond motifs is 1. The molecule has 1 saturated heterocycles. The zero-order valence-corrected chi connectivity index (χ0v) is 9.46. The maximum atomic E-state index is 5.77. The van der Waals surface area contributed by atoms with Crippen molar-refractivity contribution in [2.24, 2.45) is 0 Å². The van der Waals surface area contributed by atoms with Crippen LogP contribution in [-0.2, 0) is 17.7 Å². The van der Waals surface area contributed by atoms with Crippen molar-refractivity contribution in [2.45, 2.75) is 19.1 Å². The predicted octanol–water partition coefficient (Wildman–Crippen LogP) is 0.993. The van der Waals surface area contributed by atoms with Crippen LogP contribution in [0.2, 0.25) is 0 Å². The summed E-state index contributed by atoms with van der Waals surface area (Å²) >= 11 is 0. The summed E-state index contributed by atoms with van der Waals surface area (Å²) in [7, 11) is 0. The highest BCUT2D eigenvalue weighted by Gasteiger charge is 2.17. The first-order valence-corrected chi connectivity index (χ1v) is 6.08. The lowest BCUT2D eigenvalue weighted by molar-refractivity contribution is 0.0276. The quantitative estimate of drug-likeness (QED) is 0.737. The van der Waals surface area contributed by atoms with Gasteiger partial charge in [-0.15, -0.1) is 0 Å². The molecule has 2 aliphatic heterocycles. The van der Waals surface area contributed by atoms with Gasteiger partial charge in [-0.2, -0.15) is 0 Å². The Morgan fingerprint density at radius 1 is 1.12 bits per heavy atom. The standard InChI is InChI=1S/C13H18N2O/c1-2-11(13-9-15-5-6-16-13)7-12-8-14-4-3-10(1)12/h1-2,7,13-15H,3-6,8-9H2. The van der Waals surface area contributed by atoms with E-state index in [1.807, 2.05) is 0 Å². The van der Waals surface area contributed by atoms with Crippen LogP contribution in [0.5, 0.6) is 0 Å². The van der Waals surface area contributed by atoms with Gasteiger partial charge in [0, 0.05) is 19.6 Å². The van der Waals surface area contributed by atoms with E-state index in [-0.39, 0.29) is 6.10 Å². The summed E-state index contributed by atoms with van der Waals surface area (Å²) in [5.41, 5.74) is 4.25. The molecule has 1 aromatic carbocycles. The Hall–Kier alpha value is -0.900. The topological polar surface area (TPSA) is 33.3 Å². The largest absolute Gasteiger partial charge is 0.371 e. The lowest BCUT2D eigenvalue weighted by Gasteiger charge is -2.26. The van der Waals surface area contributed by atoms with Gasteiger partial charge in [0.25, 0.3) is 0 Å². The summed E-state index contributed by atoms with van der Waals surface area (Å²) in [4.78, 5) is 0. The average Bonchev–Trinajstić information content (AvgIpc) is 2.39. The molecule has 0 saturated carbocycles. The van der Waals surface area contributed by atoms with Crippen LogP contribution < -0.4 is 10.6 Å². The third-order valence-electron chi connectivity index (χ3n) is 3.42. The molecule has 1 atom stereocenters. The van der Waals surface area contributed by atoms with E-state index in [1.165, 1.54) is 16.7 Å². The molecule has 86 valence electrons. The first-order chi connectivity index (χ1) is 7.93. The second kappa shape index (κ2) is 4.53. The van der Waals surface area contributed by atoms with Gasteiger partial charge < -0.3 is 15.4 Å². The molecule has 1 aromatic rings. The first-order valence-electron chi connectivity index (χ1n) is 6.08. The van der Waals surface area contributed by atoms with E-state index in [1.54, 1.807) is 0 Å². The summed E-state index contributed by atoms with van der Waals surface area (Å²) in [6.07, 6.45) is 1.39. The number of benzene rings is 1. The summed E-state index contributed by atoms with van der Waals surface area (Å²) < 4.78 is 5.77. The molecule has 2 aliphatic rings. The monoisotopic (exact) mass is 218 g/mol. The minimum Gasteiger partial charge on any atom is -0.371 e. The van der Waals surface area contributed by atoms with Gasteiger partial charge in [0.05, 0.1) is 12.7 Å². The van der Waals surface area contributed by atoms with Crippen molar-refractivity contribution in [1.82, 2.24) is 10.6 Å². The SMILES string of the molecule is c1cc2c(cc1C1CNCCO1)CNCC2. The lowest BCUT2D eigenvalue weighted by atomic mass is 9.96. The third kappa shape index (κ3) is 1.98. The Balaban J connectivity index is 1.84. The molecule has 1 unspecified atom stereocenters. The van der Waals surface area contributed by atoms with Crippen molar-refractivity contribution in [1.29, 1.82) is 0 Å². The Morgan fingerprint density at radius 3 is 3.00 bits per heavy atom. The van der Waals surface area contributed by atoms with Crippen molar-refractivity contribution in [2.75, 3.05) is 26.2 Å². The summed E-state index contributed by atoms with van der Waals surface area (Å²) in [6, 6.07) is 6.80. The molecule has 2 heterocycles. The van der Waals surface area contributed by atoms with Gasteiger partial charge in [-0.05, 0) is 29.7 Å². The van der Waals surface area contributed by atoms with Crippen LogP contribution in [0, 0.1) is 0 Å². The number of nitrogens with one attached hydrogen (secondary N) is 2. The summed E-state index contributed by atoms with van der Waals surface area (Å²) in [6.45, 7) is 4.84. The maximum Gasteiger partial charge on any atom is 0.0949 e. The molecule has 3 nitrogen and oxygen atoms in total. The molecule has 16 heavy (non-hydrogen) atoms. The van der Waals surface area contributed by atoms with Crippen molar-refractivity contribution in [3.63, 3.8) is 0 Å². The maximum absolute atomic E-state index is 5.77. The summed E-state index contributed by atoms with van der Waals surface area (Å²) in [5.74, 6) is 0. The highest BCUT2D eigenvalue weighted by molar-refractivity contribution is 5.35. The van der Waals surface area contributed by atoms with Gasteiger partial charge in [0.1, 0.15) is 0 Å². The minimum atomic E-state index is 0.237. The molecule has 0 amide bonds. The molecule has 1 fully saturated rings. The van der Waals surface area contributed by atoms with Gasteiger partial charge in [-0.1, -0.05) is 18.2 Å². The van der Waals surface area contributed by atoms with Gasteiger partial charge in [-0.3, -0.25) is 0 Å². The Kier molecular flexibility index (Phi) is 2.91. The lowest BCUT2D eigenvalue weighted by Crippen LogP contribution is -2.33. The fourth-order valence-electron chi connectivity index (χ4n) is 2.48. The number of ether oxygens (including phenoxy) is 1. The van der Waals surface area contributed by atoms with Gasteiger partial charge in [-0.25, -0.2) is 0 Å². The van der Waals surface area contributed by atoms with Gasteiger partial charge >= 0.3 is 0 Å². The zero-order chi connectivity index (χ0) is 10.8. The van der Waals surface area contributed by atoms with Crippen LogP contribution in [-0.4, -0.2) is 26.2 Å². The van der Waals surface area contributed by atoms with E-state index < -0.39 is 0 Å². The fraction of sp³-hybridized carbons (Fsp3) is 0.538. The minimum absolute atomic E-state index is 0.237. The molecule has 0 aromatic heterocycles. The van der Waals surface area contributed by atoms with Crippen molar-refractivity contribution in [3.05, 3.63) is 34.9 Å². The Labute approximate surface area is 96.2 Å². The van der Waals surface area contributed by atoms with E-state index >= 15 is 0 Å². The molecule has 3 rings (SSSR count). The van der Waals surface area contributed by atoms with Gasteiger partial charge in [0.15, 0.2) is 0 Å². The molecule has 0 aliphatic carbocycles. The van der Waals surface area contributed by atoms with Crippen LogP contribution in [0.1, 0.15) is 22.8 Å². The van der Waals surface area contributed by atoms with Crippen LogP contribution in [0.15, 0.2) is 18.2 Å². The zero-order valence-electron chi connectivity index (χ0n) is 9.46. The van der Waals surface area contributed by atoms with Gasteiger partial charge in [0.2, 0.25) is 0 Å². The number of hydrogen-bond acceptors (Lipinski definition) is 3. The van der Waals surface area contributed by atoms with Crippen molar-refractivity contribution in [3.8, 4) is 0 Å². The van der Waals surface area contributed by atoms with E-state index in [4.69, 9.17) is 4.74 Å². The smallest absolute Gasteiger partial charge is 0.0949 e. The molecule has 0 radical (unpaired) electrons. The normalized spacial score (nSPS) is 25.1. The summed E-state index contributed by atoms with van der Waals surface area (Å²) in [5, 5.41) is 6.79. The molecule has 2 N–H and O–H groups in total. The van der Waals surface area contributed by atoms with Crippen LogP contribution in [0.25, 0.3) is 0 Å². The average molecular weight is 218 g/mol. The van der Waals surface area contributed by atoms with E-state index in [0.29, 0.717) is 0 Å². The molecule has 0 bridgehead atoms. The molecular formula is C13H18N2O. The molecular weight excluding hydrogens is 200 g/mol. The third-order valence-corrected chi connectivity index (χ3v) is 3.42. The molecule has 3 heteroatoms. The van der Waals surface area contributed by atoms with E-state index in [9.17, 15) is 0 Å². The highest BCUT2D eigenvalue weighted by atomic mass is 16.5. The second-order valence-electron chi connectivity index (χ2n) is 4.52. The van der Waals surface area contributed by atoms with E-state index in [2.05, 4.69) is 28.8 Å². The number of morpholine rings is 1. The number of rotatable bonds is 1. The second-order valence-corrected chi connectivity index (χ2v) is 4.52. The highest BCUT2D eigenvalue weighted by Crippen LogP contribution is 2.23. The predicted molar refractivity (Wildman–Crippen MR) is 63.4 cm³/mol. The number of hydrogen-bond donors (Lipinski definition) is 2. The van der Waals surface area contributed by atoms with Crippen LogP contribution in [0.3, 0.4) is 0 Å². The first kappa shape index (κ1) is 10.3. The van der Waals surface area contributed by atoms with Crippen molar-refractivity contribution < 1.29 is 4.74 Å². The van der Waals surface area contributed by atoms with Crippen LogP contribution in [0.4, 0.5) is 0 Å². The Morgan fingerprint density at radius 2 is 2.12 bits per heavy atom. The van der Waals surface area contributed by atoms with Crippen molar-refractivity contribution >= 4 is 0 Å². The van der Waals surface area contributed by atoms with Crippen LogP contribution >= 0.6 is 0 Å². The molecule has 0 spiro atoms. The fourth-order valence-corrected chi connectivity index (χ4v) is 2.48. The Bertz CT molecular complexity index is 372.